The Morgan fingerprint density at radius 1 is 1.20 bits per heavy atom. The Kier molecular flexibility index (Phi) is 4.67. The van der Waals surface area contributed by atoms with Crippen molar-refractivity contribution < 1.29 is 4.74 Å². The van der Waals surface area contributed by atoms with Gasteiger partial charge in [0.25, 0.3) is 0 Å². The van der Waals surface area contributed by atoms with E-state index >= 15 is 0 Å². The van der Waals surface area contributed by atoms with Crippen molar-refractivity contribution in [3.8, 4) is 5.75 Å². The van der Waals surface area contributed by atoms with Crippen molar-refractivity contribution in [2.45, 2.75) is 44.6 Å². The maximum atomic E-state index is 5.36. The molecule has 2 fully saturated rings. The molecule has 0 spiro atoms. The van der Waals surface area contributed by atoms with Crippen LogP contribution >= 0.6 is 15.9 Å². The Bertz CT molecular complexity index is 458. The third-order valence-electron chi connectivity index (χ3n) is 4.80. The van der Waals surface area contributed by atoms with Gasteiger partial charge >= 0.3 is 0 Å². The minimum Gasteiger partial charge on any atom is -0.497 e. The van der Waals surface area contributed by atoms with Gasteiger partial charge in [0.1, 0.15) is 5.75 Å². The van der Waals surface area contributed by atoms with Gasteiger partial charge in [-0.1, -0.05) is 22.4 Å². The minimum atomic E-state index is 0.824. The number of benzene rings is 1. The van der Waals surface area contributed by atoms with Gasteiger partial charge in [-0.2, -0.15) is 0 Å². The summed E-state index contributed by atoms with van der Waals surface area (Å²) < 4.78 is 6.58. The molecular weight excluding hydrogens is 314 g/mol. The summed E-state index contributed by atoms with van der Waals surface area (Å²) in [6.45, 7) is 1.22. The molecule has 0 aromatic heterocycles. The van der Waals surface area contributed by atoms with E-state index in [4.69, 9.17) is 4.74 Å². The van der Waals surface area contributed by atoms with E-state index in [0.29, 0.717) is 0 Å². The van der Waals surface area contributed by atoms with E-state index in [1.165, 1.54) is 55.1 Å². The molecule has 2 unspecified atom stereocenters. The Morgan fingerprint density at radius 2 is 2.00 bits per heavy atom. The summed E-state index contributed by atoms with van der Waals surface area (Å²) in [5.41, 5.74) is 1.40. The van der Waals surface area contributed by atoms with E-state index in [-0.39, 0.29) is 0 Å². The van der Waals surface area contributed by atoms with Crippen molar-refractivity contribution >= 4 is 15.9 Å². The molecule has 0 heterocycles. The van der Waals surface area contributed by atoms with Gasteiger partial charge in [0, 0.05) is 10.5 Å². The number of hydrogen-bond donors (Lipinski definition) is 1. The van der Waals surface area contributed by atoms with E-state index in [1.807, 2.05) is 6.07 Å². The molecule has 3 heteroatoms. The van der Waals surface area contributed by atoms with Crippen LogP contribution in [0, 0.1) is 11.8 Å². The van der Waals surface area contributed by atoms with Crippen LogP contribution in [0.25, 0.3) is 0 Å². The number of nitrogens with one attached hydrogen (secondary N) is 1. The largest absolute Gasteiger partial charge is 0.497 e. The van der Waals surface area contributed by atoms with Crippen LogP contribution in [0.1, 0.15) is 37.7 Å². The molecule has 2 saturated carbocycles. The molecule has 3 rings (SSSR count). The van der Waals surface area contributed by atoms with Crippen LogP contribution in [-0.4, -0.2) is 19.7 Å². The second-order valence-electron chi connectivity index (χ2n) is 6.30. The van der Waals surface area contributed by atoms with E-state index in [0.717, 1.165) is 23.6 Å². The maximum absolute atomic E-state index is 5.36. The summed E-state index contributed by atoms with van der Waals surface area (Å²) in [6, 6.07) is 7.16. The highest BCUT2D eigenvalue weighted by Gasteiger charge is 2.30. The van der Waals surface area contributed by atoms with Crippen molar-refractivity contribution in [2.75, 3.05) is 13.7 Å². The quantitative estimate of drug-likeness (QED) is 0.841. The average Bonchev–Trinajstić information content (AvgIpc) is 3.19. The van der Waals surface area contributed by atoms with E-state index in [2.05, 4.69) is 33.4 Å². The predicted octanol–water partition coefficient (Wildman–Crippen LogP) is 4.17. The predicted molar refractivity (Wildman–Crippen MR) is 86.3 cm³/mol. The first-order chi connectivity index (χ1) is 9.76. The van der Waals surface area contributed by atoms with Crippen LogP contribution in [0.15, 0.2) is 22.7 Å². The van der Waals surface area contributed by atoms with Crippen molar-refractivity contribution in [3.05, 3.63) is 28.2 Å². The SMILES string of the molecule is COc1ccc(Br)c(CC2CCCC2CNC2CC2)c1. The summed E-state index contributed by atoms with van der Waals surface area (Å²) in [7, 11) is 1.74. The zero-order chi connectivity index (χ0) is 13.9. The summed E-state index contributed by atoms with van der Waals surface area (Å²) in [5.74, 6) is 2.65. The fraction of sp³-hybridized carbons (Fsp3) is 0.647. The second kappa shape index (κ2) is 6.48. The van der Waals surface area contributed by atoms with Crippen molar-refractivity contribution in [1.29, 1.82) is 0 Å². The zero-order valence-corrected chi connectivity index (χ0v) is 13.8. The van der Waals surface area contributed by atoms with Crippen LogP contribution in [0.2, 0.25) is 0 Å². The molecule has 2 aliphatic carbocycles. The average molecular weight is 338 g/mol. The number of methoxy groups -OCH3 is 1. The molecule has 110 valence electrons. The summed E-state index contributed by atoms with van der Waals surface area (Å²) in [6.07, 6.45) is 8.11. The first kappa shape index (κ1) is 14.4. The lowest BCUT2D eigenvalue weighted by Gasteiger charge is -2.21. The Balaban J connectivity index is 1.62. The topological polar surface area (TPSA) is 21.3 Å². The molecule has 0 amide bonds. The van der Waals surface area contributed by atoms with Crippen LogP contribution in [0.3, 0.4) is 0 Å². The minimum absolute atomic E-state index is 0.824. The summed E-state index contributed by atoms with van der Waals surface area (Å²) in [5, 5.41) is 3.72. The zero-order valence-electron chi connectivity index (χ0n) is 12.2. The van der Waals surface area contributed by atoms with Gasteiger partial charge in [-0.05, 0) is 74.2 Å². The molecule has 0 radical (unpaired) electrons. The molecule has 0 aliphatic heterocycles. The molecule has 1 aromatic rings. The highest BCUT2D eigenvalue weighted by molar-refractivity contribution is 9.10. The van der Waals surface area contributed by atoms with Crippen molar-refractivity contribution in [2.24, 2.45) is 11.8 Å². The van der Waals surface area contributed by atoms with Crippen molar-refractivity contribution in [1.82, 2.24) is 5.32 Å². The summed E-state index contributed by atoms with van der Waals surface area (Å²) in [4.78, 5) is 0. The lowest BCUT2D eigenvalue weighted by molar-refractivity contribution is 0.362. The number of halogens is 1. The van der Waals surface area contributed by atoms with Gasteiger partial charge in [0.05, 0.1) is 7.11 Å². The standard InChI is InChI=1S/C17H24BrNO/c1-20-16-7-8-17(18)14(10-16)9-12-3-2-4-13(12)11-19-15-5-6-15/h7-8,10,12-13,15,19H,2-6,9,11H2,1H3. The van der Waals surface area contributed by atoms with Crippen molar-refractivity contribution in [3.63, 3.8) is 0 Å². The number of ether oxygens (including phenoxy) is 1. The molecule has 1 aromatic carbocycles. The van der Waals surface area contributed by atoms with Gasteiger partial charge in [-0.15, -0.1) is 0 Å². The van der Waals surface area contributed by atoms with Crippen LogP contribution in [0.4, 0.5) is 0 Å². The second-order valence-corrected chi connectivity index (χ2v) is 7.15. The van der Waals surface area contributed by atoms with Gasteiger partial charge in [0.2, 0.25) is 0 Å². The first-order valence-electron chi connectivity index (χ1n) is 7.82. The van der Waals surface area contributed by atoms with Gasteiger partial charge in [-0.3, -0.25) is 0 Å². The first-order valence-corrected chi connectivity index (χ1v) is 8.61. The lowest BCUT2D eigenvalue weighted by atomic mass is 9.89. The fourth-order valence-electron chi connectivity index (χ4n) is 3.37. The van der Waals surface area contributed by atoms with Gasteiger partial charge < -0.3 is 10.1 Å². The number of hydrogen-bond acceptors (Lipinski definition) is 2. The smallest absolute Gasteiger partial charge is 0.119 e. The number of rotatable bonds is 6. The highest BCUT2D eigenvalue weighted by atomic mass is 79.9. The fourth-order valence-corrected chi connectivity index (χ4v) is 3.78. The van der Waals surface area contributed by atoms with Crippen LogP contribution < -0.4 is 10.1 Å². The molecule has 2 aliphatic rings. The molecule has 1 N–H and O–H groups in total. The highest BCUT2D eigenvalue weighted by Crippen LogP contribution is 2.36. The van der Waals surface area contributed by atoms with Gasteiger partial charge in [0.15, 0.2) is 0 Å². The Labute approximate surface area is 130 Å². The Hall–Kier alpha value is -0.540. The molecule has 2 nitrogen and oxygen atoms in total. The third-order valence-corrected chi connectivity index (χ3v) is 5.57. The monoisotopic (exact) mass is 337 g/mol. The van der Waals surface area contributed by atoms with Gasteiger partial charge in [-0.25, -0.2) is 0 Å². The summed E-state index contributed by atoms with van der Waals surface area (Å²) >= 11 is 3.69. The molecule has 0 bridgehead atoms. The third kappa shape index (κ3) is 3.56. The van der Waals surface area contributed by atoms with Crippen LogP contribution in [0.5, 0.6) is 5.75 Å². The van der Waals surface area contributed by atoms with Crippen LogP contribution in [-0.2, 0) is 6.42 Å². The maximum Gasteiger partial charge on any atom is 0.119 e. The lowest BCUT2D eigenvalue weighted by Crippen LogP contribution is -2.27. The molecule has 20 heavy (non-hydrogen) atoms. The van der Waals surface area contributed by atoms with E-state index < -0.39 is 0 Å². The van der Waals surface area contributed by atoms with E-state index in [1.54, 1.807) is 7.11 Å². The molecule has 2 atom stereocenters. The molecular formula is C17H24BrNO. The Morgan fingerprint density at radius 3 is 2.75 bits per heavy atom. The molecule has 0 saturated heterocycles. The normalized spacial score (nSPS) is 25.9. The van der Waals surface area contributed by atoms with E-state index in [9.17, 15) is 0 Å².